The SMILES string of the molecule is Cc1cc(C)n(-c2ccc(C(=O)N(CC(=O)N(C)C)CC(F)(F)F)cn2)n1. The summed E-state index contributed by atoms with van der Waals surface area (Å²) in [5.74, 6) is -1.10. The molecule has 10 heteroatoms. The van der Waals surface area contributed by atoms with E-state index in [1.807, 2.05) is 19.9 Å². The fourth-order valence-electron chi connectivity index (χ4n) is 2.40. The number of aryl methyl sites for hydroxylation is 2. The Hall–Kier alpha value is -2.91. The van der Waals surface area contributed by atoms with Crippen molar-refractivity contribution < 1.29 is 22.8 Å². The molecule has 0 aromatic carbocycles. The van der Waals surface area contributed by atoms with E-state index in [-0.39, 0.29) is 5.56 Å². The van der Waals surface area contributed by atoms with Crippen LogP contribution < -0.4 is 0 Å². The summed E-state index contributed by atoms with van der Waals surface area (Å²) in [6.45, 7) is 1.45. The number of carbonyl (C=O) groups excluding carboxylic acids is 2. The molecule has 2 aromatic rings. The van der Waals surface area contributed by atoms with E-state index in [2.05, 4.69) is 10.1 Å². The van der Waals surface area contributed by atoms with Crippen molar-refractivity contribution in [3.05, 3.63) is 41.3 Å². The average Bonchev–Trinajstić information content (AvgIpc) is 2.90. The Morgan fingerprint density at radius 1 is 1.19 bits per heavy atom. The van der Waals surface area contributed by atoms with Gasteiger partial charge in [-0.15, -0.1) is 0 Å². The van der Waals surface area contributed by atoms with Crippen LogP contribution in [0.3, 0.4) is 0 Å². The summed E-state index contributed by atoms with van der Waals surface area (Å²) in [4.78, 5) is 30.0. The molecule has 0 unspecified atom stereocenters. The second-order valence-electron chi connectivity index (χ2n) is 6.31. The minimum absolute atomic E-state index is 0.0453. The third kappa shape index (κ3) is 5.28. The number of aromatic nitrogens is 3. The van der Waals surface area contributed by atoms with Gasteiger partial charge in [-0.2, -0.15) is 18.3 Å². The number of halogens is 3. The molecule has 2 amide bonds. The molecule has 0 N–H and O–H groups in total. The van der Waals surface area contributed by atoms with E-state index in [1.165, 1.54) is 32.4 Å². The van der Waals surface area contributed by atoms with Gasteiger partial charge in [0.05, 0.1) is 11.3 Å². The van der Waals surface area contributed by atoms with Crippen molar-refractivity contribution in [2.24, 2.45) is 0 Å². The van der Waals surface area contributed by atoms with Crippen molar-refractivity contribution in [1.82, 2.24) is 24.6 Å². The Balaban J connectivity index is 2.26. The third-order valence-corrected chi connectivity index (χ3v) is 3.70. The maximum Gasteiger partial charge on any atom is 0.406 e. The average molecular weight is 383 g/mol. The van der Waals surface area contributed by atoms with Gasteiger partial charge in [0.25, 0.3) is 5.91 Å². The summed E-state index contributed by atoms with van der Waals surface area (Å²) >= 11 is 0. The Labute approximate surface area is 154 Å². The number of pyridine rings is 1. The van der Waals surface area contributed by atoms with Gasteiger partial charge < -0.3 is 9.80 Å². The normalized spacial score (nSPS) is 11.4. The summed E-state index contributed by atoms with van der Waals surface area (Å²) < 4.78 is 40.0. The number of likely N-dealkylation sites (N-methyl/N-ethyl adjacent to an activating group) is 1. The third-order valence-electron chi connectivity index (χ3n) is 3.70. The lowest BCUT2D eigenvalue weighted by molar-refractivity contribution is -0.146. The maximum absolute atomic E-state index is 12.8. The zero-order valence-corrected chi connectivity index (χ0v) is 15.4. The van der Waals surface area contributed by atoms with E-state index < -0.39 is 31.1 Å². The van der Waals surface area contributed by atoms with Crippen LogP contribution in [-0.2, 0) is 4.79 Å². The first-order chi connectivity index (χ1) is 12.5. The summed E-state index contributed by atoms with van der Waals surface area (Å²) in [5.41, 5.74) is 1.57. The molecule has 146 valence electrons. The van der Waals surface area contributed by atoms with Crippen molar-refractivity contribution >= 4 is 11.8 Å². The van der Waals surface area contributed by atoms with Crippen LogP contribution in [0.2, 0.25) is 0 Å². The first-order valence-corrected chi connectivity index (χ1v) is 8.04. The molecule has 2 rings (SSSR count). The van der Waals surface area contributed by atoms with E-state index in [1.54, 1.807) is 4.68 Å². The van der Waals surface area contributed by atoms with Crippen LogP contribution in [0, 0.1) is 13.8 Å². The lowest BCUT2D eigenvalue weighted by Crippen LogP contribution is -2.44. The Kier molecular flexibility index (Phi) is 5.87. The quantitative estimate of drug-likeness (QED) is 0.792. The second-order valence-corrected chi connectivity index (χ2v) is 6.31. The molecule has 0 bridgehead atoms. The maximum atomic E-state index is 12.8. The lowest BCUT2D eigenvalue weighted by Gasteiger charge is -2.24. The number of rotatable bonds is 5. The van der Waals surface area contributed by atoms with Crippen molar-refractivity contribution in [3.8, 4) is 5.82 Å². The van der Waals surface area contributed by atoms with Gasteiger partial charge in [-0.1, -0.05) is 0 Å². The number of nitrogens with zero attached hydrogens (tertiary/aromatic N) is 5. The lowest BCUT2D eigenvalue weighted by atomic mass is 10.2. The molecule has 7 nitrogen and oxygen atoms in total. The molecule has 2 aromatic heterocycles. The van der Waals surface area contributed by atoms with Gasteiger partial charge in [-0.05, 0) is 32.0 Å². The van der Waals surface area contributed by atoms with Crippen molar-refractivity contribution in [3.63, 3.8) is 0 Å². The van der Waals surface area contributed by atoms with Crippen LogP contribution in [0.15, 0.2) is 24.4 Å². The summed E-state index contributed by atoms with van der Waals surface area (Å²) in [6, 6.07) is 4.70. The smallest absolute Gasteiger partial charge is 0.347 e. The first-order valence-electron chi connectivity index (χ1n) is 8.04. The van der Waals surface area contributed by atoms with Gasteiger partial charge in [0.1, 0.15) is 13.1 Å². The molecule has 27 heavy (non-hydrogen) atoms. The number of carbonyl (C=O) groups is 2. The Morgan fingerprint density at radius 2 is 1.85 bits per heavy atom. The highest BCUT2D eigenvalue weighted by Gasteiger charge is 2.34. The number of alkyl halides is 3. The predicted octanol–water partition coefficient (Wildman–Crippen LogP) is 1.98. The fourth-order valence-corrected chi connectivity index (χ4v) is 2.40. The van der Waals surface area contributed by atoms with Gasteiger partial charge in [0.2, 0.25) is 5.91 Å². The summed E-state index contributed by atoms with van der Waals surface area (Å²) in [7, 11) is 2.81. The van der Waals surface area contributed by atoms with E-state index in [0.29, 0.717) is 10.7 Å². The second kappa shape index (κ2) is 7.77. The van der Waals surface area contributed by atoms with Crippen molar-refractivity contribution in [2.75, 3.05) is 27.2 Å². The molecule has 0 atom stereocenters. The van der Waals surface area contributed by atoms with E-state index in [9.17, 15) is 22.8 Å². The first kappa shape index (κ1) is 20.4. The minimum Gasteiger partial charge on any atom is -0.347 e. The zero-order valence-electron chi connectivity index (χ0n) is 15.4. The Morgan fingerprint density at radius 3 is 2.30 bits per heavy atom. The van der Waals surface area contributed by atoms with Gasteiger partial charge in [-0.25, -0.2) is 9.67 Å². The molecule has 2 heterocycles. The van der Waals surface area contributed by atoms with Gasteiger partial charge >= 0.3 is 6.18 Å². The number of amides is 2. The van der Waals surface area contributed by atoms with Crippen molar-refractivity contribution in [2.45, 2.75) is 20.0 Å². The van der Waals surface area contributed by atoms with Crippen LogP contribution in [0.1, 0.15) is 21.7 Å². The molecule has 0 aliphatic heterocycles. The molecule has 0 fully saturated rings. The van der Waals surface area contributed by atoms with Crippen LogP contribution >= 0.6 is 0 Å². The summed E-state index contributed by atoms with van der Waals surface area (Å²) in [6.07, 6.45) is -3.45. The topological polar surface area (TPSA) is 71.3 Å². The van der Waals surface area contributed by atoms with Gasteiger partial charge in [0, 0.05) is 26.0 Å². The highest BCUT2D eigenvalue weighted by molar-refractivity contribution is 5.96. The molecular weight excluding hydrogens is 363 g/mol. The largest absolute Gasteiger partial charge is 0.406 e. The number of hydrogen-bond acceptors (Lipinski definition) is 4. The van der Waals surface area contributed by atoms with Crippen LogP contribution in [0.4, 0.5) is 13.2 Å². The van der Waals surface area contributed by atoms with Gasteiger partial charge in [0.15, 0.2) is 5.82 Å². The van der Waals surface area contributed by atoms with Crippen molar-refractivity contribution in [1.29, 1.82) is 0 Å². The predicted molar refractivity (Wildman–Crippen MR) is 91.5 cm³/mol. The Bertz CT molecular complexity index is 828. The standard InChI is InChI=1S/C17H20F3N5O2/c1-11-7-12(2)25(22-11)14-6-5-13(8-21-14)16(27)24(10-17(18,19)20)9-15(26)23(3)4/h5-8H,9-10H2,1-4H3. The molecule has 0 radical (unpaired) electrons. The molecule has 0 saturated heterocycles. The summed E-state index contributed by atoms with van der Waals surface area (Å²) in [5, 5.41) is 4.26. The van der Waals surface area contributed by atoms with E-state index in [4.69, 9.17) is 0 Å². The zero-order chi connectivity index (χ0) is 20.4. The number of hydrogen-bond donors (Lipinski definition) is 0. The molecule has 0 spiro atoms. The molecular formula is C17H20F3N5O2. The van der Waals surface area contributed by atoms with Gasteiger partial charge in [-0.3, -0.25) is 9.59 Å². The van der Waals surface area contributed by atoms with Crippen LogP contribution in [0.5, 0.6) is 0 Å². The van der Waals surface area contributed by atoms with E-state index >= 15 is 0 Å². The fraction of sp³-hybridized carbons (Fsp3) is 0.412. The highest BCUT2D eigenvalue weighted by atomic mass is 19.4. The molecule has 0 saturated carbocycles. The highest BCUT2D eigenvalue weighted by Crippen LogP contribution is 2.19. The monoisotopic (exact) mass is 383 g/mol. The molecule has 0 aliphatic rings. The minimum atomic E-state index is -4.63. The van der Waals surface area contributed by atoms with E-state index in [0.717, 1.165) is 16.3 Å². The molecule has 0 aliphatic carbocycles. The van der Waals surface area contributed by atoms with Crippen LogP contribution in [-0.4, -0.2) is 69.7 Å². The van der Waals surface area contributed by atoms with Crippen LogP contribution in [0.25, 0.3) is 5.82 Å².